The van der Waals surface area contributed by atoms with Gasteiger partial charge in [-0.2, -0.15) is 4.31 Å². The van der Waals surface area contributed by atoms with Crippen molar-refractivity contribution in [1.82, 2.24) is 4.31 Å². The lowest BCUT2D eigenvalue weighted by atomic mass is 10.2. The largest absolute Gasteiger partial charge is 0.464 e. The maximum Gasteiger partial charge on any atom is 0.246 e. The molecule has 0 aromatic carbocycles. The van der Waals surface area contributed by atoms with Crippen LogP contribution in [0.4, 0.5) is 0 Å². The molecule has 0 fully saturated rings. The fraction of sp³-hybridized carbons (Fsp3) is 0.667. The summed E-state index contributed by atoms with van der Waals surface area (Å²) in [6, 6.07) is 1.47. The van der Waals surface area contributed by atoms with Crippen LogP contribution >= 0.6 is 11.6 Å². The van der Waals surface area contributed by atoms with Crippen molar-refractivity contribution in [3.63, 3.8) is 0 Å². The molecule has 0 spiro atoms. The number of furan rings is 1. The highest BCUT2D eigenvalue weighted by Crippen LogP contribution is 2.25. The molecule has 1 aromatic rings. The summed E-state index contributed by atoms with van der Waals surface area (Å²) in [5.74, 6) is 1.04. The molecule has 0 aliphatic rings. The van der Waals surface area contributed by atoms with Crippen molar-refractivity contribution in [2.75, 3.05) is 7.05 Å². The van der Waals surface area contributed by atoms with Crippen LogP contribution in [0.3, 0.4) is 0 Å². The monoisotopic (exact) mass is 293 g/mol. The Labute approximate surface area is 114 Å². The van der Waals surface area contributed by atoms with E-state index in [1.807, 2.05) is 13.8 Å². The first kappa shape index (κ1) is 15.5. The lowest BCUT2D eigenvalue weighted by molar-refractivity contribution is 0.367. The molecule has 1 rings (SSSR count). The van der Waals surface area contributed by atoms with Gasteiger partial charge in [-0.05, 0) is 20.3 Å². The second-order valence-corrected chi connectivity index (χ2v) is 6.66. The quantitative estimate of drug-likeness (QED) is 0.757. The van der Waals surface area contributed by atoms with Gasteiger partial charge in [0.25, 0.3) is 0 Å². The van der Waals surface area contributed by atoms with E-state index in [1.54, 1.807) is 14.0 Å². The van der Waals surface area contributed by atoms with Gasteiger partial charge in [0.15, 0.2) is 0 Å². The zero-order chi connectivity index (χ0) is 13.9. The van der Waals surface area contributed by atoms with Gasteiger partial charge in [0.05, 0.1) is 5.88 Å². The molecule has 0 aliphatic heterocycles. The molecular formula is C12H20ClNO3S. The normalized spacial score (nSPS) is 14.1. The maximum atomic E-state index is 12.4. The molecule has 1 atom stereocenters. The Balaban J connectivity index is 3.08. The summed E-state index contributed by atoms with van der Waals surface area (Å²) < 4.78 is 31.5. The van der Waals surface area contributed by atoms with E-state index in [2.05, 4.69) is 0 Å². The molecule has 4 nitrogen and oxygen atoms in total. The van der Waals surface area contributed by atoms with Gasteiger partial charge in [0.1, 0.15) is 16.4 Å². The molecule has 0 aliphatic carbocycles. The highest BCUT2D eigenvalue weighted by Gasteiger charge is 2.28. The van der Waals surface area contributed by atoms with Crippen LogP contribution in [0.1, 0.15) is 38.2 Å². The van der Waals surface area contributed by atoms with Gasteiger partial charge in [-0.25, -0.2) is 8.42 Å². The van der Waals surface area contributed by atoms with Gasteiger partial charge in [-0.15, -0.1) is 11.6 Å². The van der Waals surface area contributed by atoms with Crippen LogP contribution in [-0.2, 0) is 15.9 Å². The average Bonchev–Trinajstić information content (AvgIpc) is 2.70. The summed E-state index contributed by atoms with van der Waals surface area (Å²) in [6.07, 6.45) is 1.77. The van der Waals surface area contributed by atoms with Crippen LogP contribution in [0, 0.1) is 6.92 Å². The molecule has 1 heterocycles. The topological polar surface area (TPSA) is 50.5 Å². The second kappa shape index (κ2) is 6.08. The molecular weight excluding hydrogens is 274 g/mol. The number of nitrogens with zero attached hydrogens (tertiary/aromatic N) is 1. The number of aryl methyl sites for hydroxylation is 1. The Morgan fingerprint density at radius 1 is 1.50 bits per heavy atom. The van der Waals surface area contributed by atoms with Crippen LogP contribution in [0.25, 0.3) is 0 Å². The van der Waals surface area contributed by atoms with E-state index < -0.39 is 10.0 Å². The third kappa shape index (κ3) is 3.08. The highest BCUT2D eigenvalue weighted by molar-refractivity contribution is 7.89. The summed E-state index contributed by atoms with van der Waals surface area (Å²) >= 11 is 5.65. The Hall–Kier alpha value is -0.520. The van der Waals surface area contributed by atoms with E-state index in [0.717, 1.165) is 12.8 Å². The van der Waals surface area contributed by atoms with Crippen LogP contribution in [0.15, 0.2) is 15.4 Å². The summed E-state index contributed by atoms with van der Waals surface area (Å²) in [5, 5.41) is 0. The van der Waals surface area contributed by atoms with Crippen LogP contribution in [0.5, 0.6) is 0 Å². The molecule has 18 heavy (non-hydrogen) atoms. The van der Waals surface area contributed by atoms with Gasteiger partial charge in [0.2, 0.25) is 10.0 Å². The van der Waals surface area contributed by atoms with Crippen molar-refractivity contribution in [1.29, 1.82) is 0 Å². The van der Waals surface area contributed by atoms with Gasteiger partial charge in [-0.1, -0.05) is 13.3 Å². The zero-order valence-corrected chi connectivity index (χ0v) is 12.8. The molecule has 104 valence electrons. The number of sulfonamides is 1. The Bertz CT molecular complexity index is 495. The lowest BCUT2D eigenvalue weighted by Gasteiger charge is -2.23. The third-order valence-corrected chi connectivity index (χ3v) is 5.38. The zero-order valence-electron chi connectivity index (χ0n) is 11.2. The van der Waals surface area contributed by atoms with E-state index in [0.29, 0.717) is 11.5 Å². The van der Waals surface area contributed by atoms with Crippen molar-refractivity contribution < 1.29 is 12.8 Å². The minimum atomic E-state index is -3.50. The fourth-order valence-corrected chi connectivity index (χ4v) is 3.54. The first-order valence-corrected chi connectivity index (χ1v) is 7.95. The first-order chi connectivity index (χ1) is 8.34. The summed E-state index contributed by atoms with van der Waals surface area (Å²) in [4.78, 5) is 0.212. The molecule has 1 aromatic heterocycles. The molecule has 0 amide bonds. The van der Waals surface area contributed by atoms with Gasteiger partial charge in [-0.3, -0.25) is 0 Å². The second-order valence-electron chi connectivity index (χ2n) is 4.43. The molecule has 0 bridgehead atoms. The number of alkyl halides is 1. The summed E-state index contributed by atoms with van der Waals surface area (Å²) in [5.41, 5.74) is 0. The van der Waals surface area contributed by atoms with Gasteiger partial charge < -0.3 is 4.42 Å². The number of halogens is 1. The predicted molar refractivity (Wildman–Crippen MR) is 72.3 cm³/mol. The van der Waals surface area contributed by atoms with E-state index in [4.69, 9.17) is 16.0 Å². The third-order valence-electron chi connectivity index (χ3n) is 3.04. The minimum Gasteiger partial charge on any atom is -0.464 e. The van der Waals surface area contributed by atoms with Crippen LogP contribution in [-0.4, -0.2) is 25.8 Å². The van der Waals surface area contributed by atoms with Gasteiger partial charge in [0, 0.05) is 19.2 Å². The first-order valence-electron chi connectivity index (χ1n) is 5.97. The summed E-state index contributed by atoms with van der Waals surface area (Å²) in [6.45, 7) is 5.58. The lowest BCUT2D eigenvalue weighted by Crippen LogP contribution is -2.35. The number of hydrogen-bond acceptors (Lipinski definition) is 3. The van der Waals surface area contributed by atoms with E-state index in [9.17, 15) is 8.42 Å². The smallest absolute Gasteiger partial charge is 0.246 e. The minimum absolute atomic E-state index is 0.0336. The van der Waals surface area contributed by atoms with Crippen molar-refractivity contribution >= 4 is 21.6 Å². The van der Waals surface area contributed by atoms with Crippen molar-refractivity contribution in [2.24, 2.45) is 0 Å². The molecule has 0 saturated heterocycles. The molecule has 1 unspecified atom stereocenters. The molecule has 0 saturated carbocycles. The maximum absolute atomic E-state index is 12.4. The van der Waals surface area contributed by atoms with E-state index >= 15 is 0 Å². The fourth-order valence-electron chi connectivity index (χ4n) is 1.84. The molecule has 0 N–H and O–H groups in total. The van der Waals surface area contributed by atoms with Crippen LogP contribution < -0.4 is 0 Å². The Morgan fingerprint density at radius 2 is 2.11 bits per heavy atom. The van der Waals surface area contributed by atoms with Crippen molar-refractivity contribution in [3.8, 4) is 0 Å². The SMILES string of the molecule is CCCC(C)N(C)S(=O)(=O)c1cc(CCl)oc1C. The average molecular weight is 294 g/mol. The van der Waals surface area contributed by atoms with Crippen molar-refractivity contribution in [3.05, 3.63) is 17.6 Å². The van der Waals surface area contributed by atoms with E-state index in [-0.39, 0.29) is 16.8 Å². The summed E-state index contributed by atoms with van der Waals surface area (Å²) in [7, 11) is -1.90. The number of rotatable bonds is 6. The Morgan fingerprint density at radius 3 is 2.56 bits per heavy atom. The van der Waals surface area contributed by atoms with Crippen LogP contribution in [0.2, 0.25) is 0 Å². The van der Waals surface area contributed by atoms with Crippen molar-refractivity contribution in [2.45, 2.75) is 50.4 Å². The van der Waals surface area contributed by atoms with E-state index in [1.165, 1.54) is 10.4 Å². The molecule has 6 heteroatoms. The number of hydrogen-bond donors (Lipinski definition) is 0. The Kier molecular flexibility index (Phi) is 5.25. The highest BCUT2D eigenvalue weighted by atomic mass is 35.5. The molecule has 0 radical (unpaired) electrons. The van der Waals surface area contributed by atoms with Gasteiger partial charge >= 0.3 is 0 Å². The predicted octanol–water partition coefficient (Wildman–Crippen LogP) is 3.14. The standard InChI is InChI=1S/C12H20ClNO3S/c1-5-6-9(2)14(4)18(15,16)12-7-11(8-13)17-10(12)3/h7,9H,5-6,8H2,1-4H3.